The normalized spacial score (nSPS) is 17.4. The second-order valence-electron chi connectivity index (χ2n) is 6.59. The molecule has 0 bridgehead atoms. The fourth-order valence-corrected chi connectivity index (χ4v) is 3.58. The van der Waals surface area contributed by atoms with E-state index in [1.807, 2.05) is 26.0 Å². The number of nitrogens with two attached hydrogens (primary N) is 1. The molecule has 0 unspecified atom stereocenters. The molecule has 1 atom stereocenters. The summed E-state index contributed by atoms with van der Waals surface area (Å²) in [6.07, 6.45) is 3.31. The van der Waals surface area contributed by atoms with Gasteiger partial charge >= 0.3 is 0 Å². The summed E-state index contributed by atoms with van der Waals surface area (Å²) in [6.45, 7) is 5.47. The van der Waals surface area contributed by atoms with E-state index in [0.717, 1.165) is 47.6 Å². The van der Waals surface area contributed by atoms with Crippen LogP contribution in [0.15, 0.2) is 24.5 Å². The van der Waals surface area contributed by atoms with Gasteiger partial charge in [-0.25, -0.2) is 9.97 Å². The van der Waals surface area contributed by atoms with Crippen molar-refractivity contribution in [1.29, 1.82) is 0 Å². The molecule has 2 aromatic rings. The maximum atomic E-state index is 13.0. The van der Waals surface area contributed by atoms with E-state index in [1.165, 1.54) is 6.33 Å². The minimum Gasteiger partial charge on any atom is -0.496 e. The lowest BCUT2D eigenvalue weighted by Crippen LogP contribution is -2.39. The maximum absolute atomic E-state index is 13.0. The van der Waals surface area contributed by atoms with Gasteiger partial charge in [-0.3, -0.25) is 4.79 Å². The first-order valence-corrected chi connectivity index (χ1v) is 8.51. The lowest BCUT2D eigenvalue weighted by atomic mass is 9.88. The second-order valence-corrected chi connectivity index (χ2v) is 6.59. The summed E-state index contributed by atoms with van der Waals surface area (Å²) < 4.78 is 5.40. The molecule has 6 nitrogen and oxygen atoms in total. The van der Waals surface area contributed by atoms with Crippen molar-refractivity contribution < 1.29 is 9.53 Å². The first-order valence-electron chi connectivity index (χ1n) is 8.51. The van der Waals surface area contributed by atoms with Gasteiger partial charge in [0.15, 0.2) is 5.78 Å². The molecule has 1 saturated heterocycles. The van der Waals surface area contributed by atoms with E-state index in [2.05, 4.69) is 14.9 Å². The van der Waals surface area contributed by atoms with Crippen molar-refractivity contribution in [3.63, 3.8) is 0 Å². The molecule has 2 heterocycles. The second kappa shape index (κ2) is 7.09. The third-order valence-corrected chi connectivity index (χ3v) is 4.74. The zero-order chi connectivity index (χ0) is 18.0. The Morgan fingerprint density at radius 1 is 1.24 bits per heavy atom. The lowest BCUT2D eigenvalue weighted by Gasteiger charge is -2.33. The summed E-state index contributed by atoms with van der Waals surface area (Å²) in [5.74, 6) is 2.21. The van der Waals surface area contributed by atoms with Gasteiger partial charge < -0.3 is 15.4 Å². The van der Waals surface area contributed by atoms with E-state index in [0.29, 0.717) is 12.4 Å². The van der Waals surface area contributed by atoms with Gasteiger partial charge in [-0.2, -0.15) is 0 Å². The van der Waals surface area contributed by atoms with Crippen molar-refractivity contribution in [2.45, 2.75) is 26.7 Å². The van der Waals surface area contributed by atoms with E-state index in [9.17, 15) is 4.79 Å². The van der Waals surface area contributed by atoms with E-state index in [1.54, 1.807) is 13.2 Å². The van der Waals surface area contributed by atoms with Gasteiger partial charge in [0.2, 0.25) is 0 Å². The van der Waals surface area contributed by atoms with Gasteiger partial charge in [0.05, 0.1) is 7.11 Å². The summed E-state index contributed by atoms with van der Waals surface area (Å²) in [5, 5.41) is 0. The van der Waals surface area contributed by atoms with E-state index in [-0.39, 0.29) is 11.7 Å². The highest BCUT2D eigenvalue weighted by molar-refractivity contribution is 5.99. The van der Waals surface area contributed by atoms with Crippen LogP contribution >= 0.6 is 0 Å². The molecule has 132 valence electrons. The van der Waals surface area contributed by atoms with Gasteiger partial charge in [0.1, 0.15) is 23.7 Å². The van der Waals surface area contributed by atoms with Crippen LogP contribution in [0.4, 0.5) is 11.6 Å². The number of ketones is 1. The van der Waals surface area contributed by atoms with Crippen molar-refractivity contribution in [1.82, 2.24) is 9.97 Å². The Balaban J connectivity index is 1.80. The predicted octanol–water partition coefficient (Wildman–Crippen LogP) is 2.78. The fraction of sp³-hybridized carbons (Fsp3) is 0.421. The summed E-state index contributed by atoms with van der Waals surface area (Å²) in [5.41, 5.74) is 8.49. The highest BCUT2D eigenvalue weighted by atomic mass is 16.5. The number of piperidine rings is 1. The number of rotatable bonds is 4. The number of nitrogen functional groups attached to an aromatic ring is 1. The molecule has 0 spiro atoms. The highest BCUT2D eigenvalue weighted by Crippen LogP contribution is 2.29. The molecule has 0 aliphatic carbocycles. The number of hydrogen-bond donors (Lipinski definition) is 1. The third kappa shape index (κ3) is 3.57. The van der Waals surface area contributed by atoms with Crippen LogP contribution in [0, 0.1) is 19.8 Å². The van der Waals surface area contributed by atoms with Crippen molar-refractivity contribution in [2.75, 3.05) is 30.8 Å². The zero-order valence-electron chi connectivity index (χ0n) is 15.0. The highest BCUT2D eigenvalue weighted by Gasteiger charge is 2.28. The van der Waals surface area contributed by atoms with Gasteiger partial charge in [-0.15, -0.1) is 0 Å². The predicted molar refractivity (Wildman–Crippen MR) is 98.2 cm³/mol. The number of carbonyl (C=O) groups excluding carboxylic acids is 1. The van der Waals surface area contributed by atoms with Crippen LogP contribution in [0.2, 0.25) is 0 Å². The molecule has 3 rings (SSSR count). The Labute approximate surface area is 148 Å². The lowest BCUT2D eigenvalue weighted by molar-refractivity contribution is 0.0907. The van der Waals surface area contributed by atoms with Crippen molar-refractivity contribution in [2.24, 2.45) is 5.92 Å². The maximum Gasteiger partial charge on any atom is 0.167 e. The molecule has 6 heteroatoms. The van der Waals surface area contributed by atoms with Crippen LogP contribution in [0.3, 0.4) is 0 Å². The van der Waals surface area contributed by atoms with E-state index >= 15 is 0 Å². The largest absolute Gasteiger partial charge is 0.496 e. The Morgan fingerprint density at radius 3 is 2.60 bits per heavy atom. The molecule has 0 amide bonds. The molecular weight excluding hydrogens is 316 g/mol. The number of Topliss-reactive ketones (excluding diaryl/α,β-unsaturated/α-hetero) is 1. The standard InChI is InChI=1S/C19H24N4O2/c1-12-7-15(8-13(2)19(12)25-3)18(24)14-5-4-6-23(10-14)17-9-16(20)21-11-22-17/h7-9,11,14H,4-6,10H2,1-3H3,(H2,20,21,22)/t14-/m1/s1. The van der Waals surface area contributed by atoms with E-state index in [4.69, 9.17) is 10.5 Å². The van der Waals surface area contributed by atoms with Gasteiger partial charge in [0, 0.05) is 30.6 Å². The quantitative estimate of drug-likeness (QED) is 0.862. The van der Waals surface area contributed by atoms with Crippen LogP contribution in [0.25, 0.3) is 0 Å². The zero-order valence-corrected chi connectivity index (χ0v) is 15.0. The van der Waals surface area contributed by atoms with Gasteiger partial charge in [-0.05, 0) is 49.9 Å². The molecular formula is C19H24N4O2. The molecule has 0 saturated carbocycles. The number of aromatic nitrogens is 2. The number of nitrogens with zero attached hydrogens (tertiary/aromatic N) is 3. The Morgan fingerprint density at radius 2 is 1.96 bits per heavy atom. The summed E-state index contributed by atoms with van der Waals surface area (Å²) in [6, 6.07) is 5.61. The number of aryl methyl sites for hydroxylation is 2. The van der Waals surface area contributed by atoms with Gasteiger partial charge in [0.25, 0.3) is 0 Å². The number of ether oxygens (including phenoxy) is 1. The molecule has 1 aliphatic heterocycles. The van der Waals surface area contributed by atoms with Crippen LogP contribution in [0.5, 0.6) is 5.75 Å². The average Bonchev–Trinajstić information content (AvgIpc) is 2.61. The smallest absolute Gasteiger partial charge is 0.167 e. The summed E-state index contributed by atoms with van der Waals surface area (Å²) in [7, 11) is 1.66. The SMILES string of the molecule is COc1c(C)cc(C(=O)[C@@H]2CCCN(c3cc(N)ncn3)C2)cc1C. The van der Waals surface area contributed by atoms with Crippen LogP contribution in [0.1, 0.15) is 34.3 Å². The first-order chi connectivity index (χ1) is 12.0. The van der Waals surface area contributed by atoms with Crippen molar-refractivity contribution >= 4 is 17.4 Å². The number of anilines is 2. The Bertz CT molecular complexity index is 768. The molecule has 1 aromatic heterocycles. The number of methoxy groups -OCH3 is 1. The molecule has 1 aromatic carbocycles. The number of benzene rings is 1. The Hall–Kier alpha value is -2.63. The molecule has 2 N–H and O–H groups in total. The number of carbonyl (C=O) groups is 1. The molecule has 1 fully saturated rings. The topological polar surface area (TPSA) is 81.3 Å². The fourth-order valence-electron chi connectivity index (χ4n) is 3.58. The molecule has 1 aliphatic rings. The molecule has 0 radical (unpaired) electrons. The van der Waals surface area contributed by atoms with Crippen LogP contribution in [-0.4, -0.2) is 36.0 Å². The van der Waals surface area contributed by atoms with Crippen LogP contribution in [-0.2, 0) is 0 Å². The van der Waals surface area contributed by atoms with Gasteiger partial charge in [-0.1, -0.05) is 0 Å². The number of hydrogen-bond acceptors (Lipinski definition) is 6. The van der Waals surface area contributed by atoms with Crippen LogP contribution < -0.4 is 15.4 Å². The van der Waals surface area contributed by atoms with Crippen molar-refractivity contribution in [3.05, 3.63) is 41.2 Å². The minimum atomic E-state index is -0.0443. The monoisotopic (exact) mass is 340 g/mol. The Kier molecular flexibility index (Phi) is 4.88. The van der Waals surface area contributed by atoms with E-state index < -0.39 is 0 Å². The average molecular weight is 340 g/mol. The molecule has 25 heavy (non-hydrogen) atoms. The third-order valence-electron chi connectivity index (χ3n) is 4.74. The van der Waals surface area contributed by atoms with Crippen molar-refractivity contribution in [3.8, 4) is 5.75 Å². The first kappa shape index (κ1) is 17.2. The summed E-state index contributed by atoms with van der Waals surface area (Å²) >= 11 is 0. The summed E-state index contributed by atoms with van der Waals surface area (Å²) in [4.78, 5) is 23.4. The minimum absolute atomic E-state index is 0.0443.